The highest BCUT2D eigenvalue weighted by molar-refractivity contribution is 7.13. The Kier molecular flexibility index (Phi) is 5.33. The van der Waals surface area contributed by atoms with Gasteiger partial charge in [0.05, 0.1) is 5.69 Å². The van der Waals surface area contributed by atoms with Crippen LogP contribution in [0.1, 0.15) is 17.7 Å². The lowest BCUT2D eigenvalue weighted by atomic mass is 10.2. The first kappa shape index (κ1) is 16.3. The van der Waals surface area contributed by atoms with Crippen LogP contribution < -0.4 is 0 Å². The van der Waals surface area contributed by atoms with Gasteiger partial charge in [0.25, 0.3) is 0 Å². The predicted octanol–water partition coefficient (Wildman–Crippen LogP) is 3.80. The van der Waals surface area contributed by atoms with E-state index >= 15 is 0 Å². The second-order valence-corrected chi connectivity index (χ2v) is 6.47. The molecule has 0 N–H and O–H groups in total. The van der Waals surface area contributed by atoms with Crippen molar-refractivity contribution in [1.82, 2.24) is 14.9 Å². The van der Waals surface area contributed by atoms with Crippen LogP contribution in [-0.4, -0.2) is 27.8 Å². The van der Waals surface area contributed by atoms with Crippen LogP contribution in [0, 0.1) is 0 Å². The van der Waals surface area contributed by atoms with Crippen LogP contribution >= 0.6 is 11.3 Å². The molecule has 3 aromatic rings. The van der Waals surface area contributed by atoms with Crippen LogP contribution in [0.4, 0.5) is 0 Å². The molecule has 1 amide bonds. The van der Waals surface area contributed by atoms with Gasteiger partial charge in [-0.3, -0.25) is 9.78 Å². The van der Waals surface area contributed by atoms with Gasteiger partial charge in [0.15, 0.2) is 0 Å². The number of thiazole rings is 1. The Morgan fingerprint density at radius 3 is 2.62 bits per heavy atom. The molecule has 1 aromatic carbocycles. The average Bonchev–Trinajstić information content (AvgIpc) is 3.10. The van der Waals surface area contributed by atoms with E-state index in [4.69, 9.17) is 0 Å². The lowest BCUT2D eigenvalue weighted by molar-refractivity contribution is -0.130. The van der Waals surface area contributed by atoms with Gasteiger partial charge in [-0.2, -0.15) is 0 Å². The Hall–Kier alpha value is -2.53. The third-order valence-electron chi connectivity index (χ3n) is 3.76. The minimum absolute atomic E-state index is 0.136. The van der Waals surface area contributed by atoms with Crippen LogP contribution in [0.2, 0.25) is 0 Å². The fourth-order valence-corrected chi connectivity index (χ4v) is 3.28. The topological polar surface area (TPSA) is 46.1 Å². The number of rotatable bonds is 6. The molecule has 0 saturated heterocycles. The summed E-state index contributed by atoms with van der Waals surface area (Å²) in [5.74, 6) is 0.136. The van der Waals surface area contributed by atoms with E-state index in [0.29, 0.717) is 19.4 Å². The predicted molar refractivity (Wildman–Crippen MR) is 96.6 cm³/mol. The van der Waals surface area contributed by atoms with Crippen LogP contribution in [-0.2, 0) is 17.8 Å². The summed E-state index contributed by atoms with van der Waals surface area (Å²) in [4.78, 5) is 22.7. The zero-order valence-electron chi connectivity index (χ0n) is 13.6. The number of nitrogens with zero attached hydrogens (tertiary/aromatic N) is 3. The molecule has 4 nitrogen and oxygen atoms in total. The monoisotopic (exact) mass is 337 g/mol. The quantitative estimate of drug-likeness (QED) is 0.687. The van der Waals surface area contributed by atoms with E-state index in [1.54, 1.807) is 28.6 Å². The summed E-state index contributed by atoms with van der Waals surface area (Å²) in [5, 5.41) is 3.00. The summed E-state index contributed by atoms with van der Waals surface area (Å²) >= 11 is 1.60. The fraction of sp³-hybridized carbons (Fsp3) is 0.211. The number of hydrogen-bond donors (Lipinski definition) is 0. The smallest absolute Gasteiger partial charge is 0.223 e. The molecule has 5 heteroatoms. The molecule has 0 bridgehead atoms. The molecule has 0 saturated carbocycles. The standard InChI is InChI=1S/C19H19N3OS/c1-22(13-15-5-3-2-4-6-15)18(23)8-7-17-14-24-19(21-17)16-9-11-20-12-10-16/h2-6,9-12,14H,7-8,13H2,1H3. The SMILES string of the molecule is CN(Cc1ccccc1)C(=O)CCc1csc(-c2ccncc2)n1. The van der Waals surface area contributed by atoms with Gasteiger partial charge >= 0.3 is 0 Å². The molecule has 0 aliphatic heterocycles. The van der Waals surface area contributed by atoms with E-state index in [-0.39, 0.29) is 5.91 Å². The zero-order valence-corrected chi connectivity index (χ0v) is 14.4. The number of carbonyl (C=O) groups excluding carboxylic acids is 1. The molecule has 0 aliphatic carbocycles. The molecule has 0 unspecified atom stereocenters. The van der Waals surface area contributed by atoms with E-state index in [1.807, 2.05) is 54.9 Å². The number of carbonyl (C=O) groups is 1. The molecule has 0 atom stereocenters. The van der Waals surface area contributed by atoms with Gasteiger partial charge in [0.1, 0.15) is 5.01 Å². The molecule has 0 aliphatic rings. The molecule has 0 spiro atoms. The zero-order chi connectivity index (χ0) is 16.8. The molecular formula is C19H19N3OS. The first-order chi connectivity index (χ1) is 11.7. The maximum absolute atomic E-state index is 12.3. The van der Waals surface area contributed by atoms with Crippen molar-refractivity contribution in [2.45, 2.75) is 19.4 Å². The van der Waals surface area contributed by atoms with Gasteiger partial charge in [-0.05, 0) is 24.1 Å². The molecule has 122 valence electrons. The van der Waals surface area contributed by atoms with Crippen LogP contribution in [0.15, 0.2) is 60.2 Å². The Bertz CT molecular complexity index is 787. The van der Waals surface area contributed by atoms with Crippen molar-refractivity contribution in [3.8, 4) is 10.6 Å². The number of benzene rings is 1. The van der Waals surface area contributed by atoms with Gasteiger partial charge in [-0.1, -0.05) is 30.3 Å². The minimum Gasteiger partial charge on any atom is -0.341 e. The summed E-state index contributed by atoms with van der Waals surface area (Å²) in [6.07, 6.45) is 4.67. The van der Waals surface area contributed by atoms with Crippen molar-refractivity contribution in [2.24, 2.45) is 0 Å². The van der Waals surface area contributed by atoms with Gasteiger partial charge in [-0.25, -0.2) is 4.98 Å². The lowest BCUT2D eigenvalue weighted by Crippen LogP contribution is -2.26. The Labute approximate surface area is 145 Å². The summed E-state index contributed by atoms with van der Waals surface area (Å²) < 4.78 is 0. The molecule has 3 rings (SSSR count). The van der Waals surface area contributed by atoms with Crippen molar-refractivity contribution < 1.29 is 4.79 Å². The highest BCUT2D eigenvalue weighted by Crippen LogP contribution is 2.23. The number of aromatic nitrogens is 2. The minimum atomic E-state index is 0.136. The van der Waals surface area contributed by atoms with Gasteiger partial charge in [0.2, 0.25) is 5.91 Å². The average molecular weight is 337 g/mol. The van der Waals surface area contributed by atoms with Gasteiger partial charge < -0.3 is 4.90 Å². The van der Waals surface area contributed by atoms with Crippen LogP contribution in [0.3, 0.4) is 0 Å². The summed E-state index contributed by atoms with van der Waals surface area (Å²) in [6, 6.07) is 13.9. The van der Waals surface area contributed by atoms with E-state index in [2.05, 4.69) is 9.97 Å². The number of hydrogen-bond acceptors (Lipinski definition) is 4. The van der Waals surface area contributed by atoms with E-state index in [1.165, 1.54) is 0 Å². The summed E-state index contributed by atoms with van der Waals surface area (Å²) in [5.41, 5.74) is 3.17. The molecule has 2 heterocycles. The third-order valence-corrected chi connectivity index (χ3v) is 4.70. The van der Waals surface area contributed by atoms with Crippen molar-refractivity contribution >= 4 is 17.2 Å². The Balaban J connectivity index is 1.54. The largest absolute Gasteiger partial charge is 0.341 e. The number of aryl methyl sites for hydroxylation is 1. The van der Waals surface area contributed by atoms with Crippen molar-refractivity contribution in [3.05, 3.63) is 71.5 Å². The van der Waals surface area contributed by atoms with E-state index in [9.17, 15) is 4.79 Å². The molecule has 24 heavy (non-hydrogen) atoms. The highest BCUT2D eigenvalue weighted by atomic mass is 32.1. The molecule has 0 radical (unpaired) electrons. The van der Waals surface area contributed by atoms with Crippen molar-refractivity contribution in [3.63, 3.8) is 0 Å². The van der Waals surface area contributed by atoms with Gasteiger partial charge in [-0.15, -0.1) is 11.3 Å². The third kappa shape index (κ3) is 4.26. The second kappa shape index (κ2) is 7.84. The highest BCUT2D eigenvalue weighted by Gasteiger charge is 2.11. The maximum Gasteiger partial charge on any atom is 0.223 e. The summed E-state index contributed by atoms with van der Waals surface area (Å²) in [6.45, 7) is 0.638. The molecule has 0 fully saturated rings. The maximum atomic E-state index is 12.3. The lowest BCUT2D eigenvalue weighted by Gasteiger charge is -2.17. The van der Waals surface area contributed by atoms with Crippen molar-refractivity contribution in [2.75, 3.05) is 7.05 Å². The normalized spacial score (nSPS) is 10.5. The number of amides is 1. The number of pyridine rings is 1. The second-order valence-electron chi connectivity index (χ2n) is 5.62. The fourth-order valence-electron chi connectivity index (χ4n) is 2.42. The molecular weight excluding hydrogens is 318 g/mol. The van der Waals surface area contributed by atoms with E-state index < -0.39 is 0 Å². The molecule has 2 aromatic heterocycles. The van der Waals surface area contributed by atoms with Crippen LogP contribution in [0.25, 0.3) is 10.6 Å². The van der Waals surface area contributed by atoms with E-state index in [0.717, 1.165) is 21.8 Å². The van der Waals surface area contributed by atoms with Crippen molar-refractivity contribution in [1.29, 1.82) is 0 Å². The summed E-state index contributed by atoms with van der Waals surface area (Å²) in [7, 11) is 1.85. The first-order valence-electron chi connectivity index (χ1n) is 7.85. The first-order valence-corrected chi connectivity index (χ1v) is 8.73. The Morgan fingerprint density at radius 1 is 1.12 bits per heavy atom. The van der Waals surface area contributed by atoms with Gasteiger partial charge in [0, 0.05) is 43.4 Å². The van der Waals surface area contributed by atoms with Crippen LogP contribution in [0.5, 0.6) is 0 Å². The Morgan fingerprint density at radius 2 is 1.88 bits per heavy atom.